The van der Waals surface area contributed by atoms with E-state index in [0.29, 0.717) is 16.4 Å². The van der Waals surface area contributed by atoms with Crippen molar-refractivity contribution in [2.24, 2.45) is 0 Å². The standard InChI is InChI=1S/C16H17ClN2OS/c1-10-5-3-4-6-15(10)21-11(2)16(20)19-14-9-12(17)7-8-13(14)18/h3-9,11H,18H2,1-2H3,(H,19,20). The van der Waals surface area contributed by atoms with Crippen molar-refractivity contribution in [3.05, 3.63) is 53.1 Å². The van der Waals surface area contributed by atoms with Gasteiger partial charge in [-0.2, -0.15) is 0 Å². The lowest BCUT2D eigenvalue weighted by Gasteiger charge is -2.14. The zero-order valence-electron chi connectivity index (χ0n) is 11.9. The van der Waals surface area contributed by atoms with E-state index in [1.54, 1.807) is 18.2 Å². The molecular weight excluding hydrogens is 304 g/mol. The van der Waals surface area contributed by atoms with Gasteiger partial charge >= 0.3 is 0 Å². The third-order valence-corrected chi connectivity index (χ3v) is 4.55. The number of thioether (sulfide) groups is 1. The molecule has 0 fully saturated rings. The normalized spacial score (nSPS) is 12.0. The summed E-state index contributed by atoms with van der Waals surface area (Å²) in [5, 5.41) is 3.13. The minimum absolute atomic E-state index is 0.0998. The molecule has 2 aromatic rings. The molecule has 1 amide bonds. The molecule has 0 aliphatic heterocycles. The van der Waals surface area contributed by atoms with Crippen LogP contribution in [0.15, 0.2) is 47.4 Å². The van der Waals surface area contributed by atoms with Gasteiger partial charge in [0.15, 0.2) is 0 Å². The second kappa shape index (κ2) is 6.87. The fraction of sp³-hybridized carbons (Fsp3) is 0.188. The van der Waals surface area contributed by atoms with Crippen molar-refractivity contribution in [1.82, 2.24) is 0 Å². The summed E-state index contributed by atoms with van der Waals surface area (Å²) in [7, 11) is 0. The molecule has 3 N–H and O–H groups in total. The largest absolute Gasteiger partial charge is 0.397 e. The Morgan fingerprint density at radius 1 is 1.29 bits per heavy atom. The van der Waals surface area contributed by atoms with E-state index in [-0.39, 0.29) is 11.2 Å². The molecule has 2 rings (SSSR count). The first kappa shape index (κ1) is 15.7. The molecule has 0 saturated heterocycles. The molecule has 0 aliphatic rings. The molecule has 0 heterocycles. The lowest BCUT2D eigenvalue weighted by Crippen LogP contribution is -2.23. The second-order valence-electron chi connectivity index (χ2n) is 4.75. The van der Waals surface area contributed by atoms with E-state index in [1.165, 1.54) is 11.8 Å². The molecule has 0 aromatic heterocycles. The van der Waals surface area contributed by atoms with Gasteiger partial charge in [-0.1, -0.05) is 29.8 Å². The number of hydrogen-bond donors (Lipinski definition) is 2. The molecule has 1 unspecified atom stereocenters. The van der Waals surface area contributed by atoms with Crippen LogP contribution < -0.4 is 11.1 Å². The van der Waals surface area contributed by atoms with E-state index in [2.05, 4.69) is 5.32 Å². The number of anilines is 2. The molecule has 3 nitrogen and oxygen atoms in total. The number of halogens is 1. The highest BCUT2D eigenvalue weighted by Gasteiger charge is 2.16. The average molecular weight is 321 g/mol. The van der Waals surface area contributed by atoms with Crippen LogP contribution in [0.2, 0.25) is 5.02 Å². The Hall–Kier alpha value is -1.65. The number of benzene rings is 2. The van der Waals surface area contributed by atoms with Crippen molar-refractivity contribution in [1.29, 1.82) is 0 Å². The maximum atomic E-state index is 12.3. The van der Waals surface area contributed by atoms with Gasteiger partial charge in [0, 0.05) is 9.92 Å². The lowest BCUT2D eigenvalue weighted by molar-refractivity contribution is -0.115. The van der Waals surface area contributed by atoms with Crippen LogP contribution in [0.3, 0.4) is 0 Å². The molecule has 2 aromatic carbocycles. The summed E-state index contributed by atoms with van der Waals surface area (Å²) in [6.45, 7) is 3.90. The van der Waals surface area contributed by atoms with E-state index in [4.69, 9.17) is 17.3 Å². The van der Waals surface area contributed by atoms with Gasteiger partial charge in [0.05, 0.1) is 16.6 Å². The Balaban J connectivity index is 2.06. The zero-order chi connectivity index (χ0) is 15.4. The Morgan fingerprint density at radius 3 is 2.71 bits per heavy atom. The number of nitrogens with one attached hydrogen (secondary N) is 1. The molecule has 5 heteroatoms. The molecule has 0 bridgehead atoms. The topological polar surface area (TPSA) is 55.1 Å². The quantitative estimate of drug-likeness (QED) is 0.650. The van der Waals surface area contributed by atoms with Crippen molar-refractivity contribution in [3.63, 3.8) is 0 Å². The van der Waals surface area contributed by atoms with E-state index in [1.807, 2.05) is 38.1 Å². The summed E-state index contributed by atoms with van der Waals surface area (Å²) < 4.78 is 0. The zero-order valence-corrected chi connectivity index (χ0v) is 13.5. The van der Waals surface area contributed by atoms with Crippen molar-refractivity contribution in [2.75, 3.05) is 11.1 Å². The third-order valence-electron chi connectivity index (χ3n) is 3.04. The van der Waals surface area contributed by atoms with Crippen LogP contribution in [-0.4, -0.2) is 11.2 Å². The van der Waals surface area contributed by atoms with Crippen LogP contribution in [0.4, 0.5) is 11.4 Å². The van der Waals surface area contributed by atoms with Gasteiger partial charge in [-0.15, -0.1) is 11.8 Å². The van der Waals surface area contributed by atoms with Gasteiger partial charge in [0.25, 0.3) is 0 Å². The van der Waals surface area contributed by atoms with Crippen molar-refractivity contribution in [3.8, 4) is 0 Å². The third kappa shape index (κ3) is 4.16. The maximum Gasteiger partial charge on any atom is 0.237 e. The van der Waals surface area contributed by atoms with E-state index >= 15 is 0 Å². The molecule has 0 spiro atoms. The molecule has 110 valence electrons. The second-order valence-corrected chi connectivity index (χ2v) is 6.57. The first-order chi connectivity index (χ1) is 9.97. The number of nitrogen functional groups attached to an aromatic ring is 1. The van der Waals surface area contributed by atoms with Crippen LogP contribution >= 0.6 is 23.4 Å². The predicted octanol–water partition coefficient (Wildman–Crippen LogP) is 4.35. The molecular formula is C16H17ClN2OS. The van der Waals surface area contributed by atoms with Crippen LogP contribution in [0, 0.1) is 6.92 Å². The van der Waals surface area contributed by atoms with E-state index < -0.39 is 0 Å². The van der Waals surface area contributed by atoms with Gasteiger partial charge in [0.1, 0.15) is 0 Å². The lowest BCUT2D eigenvalue weighted by atomic mass is 10.2. The molecule has 0 saturated carbocycles. The fourth-order valence-corrected chi connectivity index (χ4v) is 2.93. The minimum Gasteiger partial charge on any atom is -0.397 e. The van der Waals surface area contributed by atoms with Crippen molar-refractivity contribution in [2.45, 2.75) is 24.0 Å². The number of amides is 1. The highest BCUT2D eigenvalue weighted by Crippen LogP contribution is 2.28. The number of aryl methyl sites for hydroxylation is 1. The van der Waals surface area contributed by atoms with Crippen LogP contribution in [0.5, 0.6) is 0 Å². The van der Waals surface area contributed by atoms with Gasteiger partial charge in [-0.25, -0.2) is 0 Å². The number of nitrogens with two attached hydrogens (primary N) is 1. The smallest absolute Gasteiger partial charge is 0.237 e. The first-order valence-corrected chi connectivity index (χ1v) is 7.81. The molecule has 0 radical (unpaired) electrons. The van der Waals surface area contributed by atoms with Gasteiger partial charge in [-0.05, 0) is 43.7 Å². The Bertz CT molecular complexity index is 660. The molecule has 0 aliphatic carbocycles. The van der Waals surface area contributed by atoms with Gasteiger partial charge < -0.3 is 11.1 Å². The fourth-order valence-electron chi connectivity index (χ4n) is 1.80. The molecule has 21 heavy (non-hydrogen) atoms. The Morgan fingerprint density at radius 2 is 2.00 bits per heavy atom. The number of hydrogen-bond acceptors (Lipinski definition) is 3. The Labute approximate surface area is 133 Å². The van der Waals surface area contributed by atoms with Crippen LogP contribution in [0.1, 0.15) is 12.5 Å². The average Bonchev–Trinajstić information content (AvgIpc) is 2.45. The van der Waals surface area contributed by atoms with E-state index in [0.717, 1.165) is 10.5 Å². The summed E-state index contributed by atoms with van der Waals surface area (Å²) in [4.78, 5) is 13.4. The van der Waals surface area contributed by atoms with Crippen molar-refractivity contribution < 1.29 is 4.79 Å². The van der Waals surface area contributed by atoms with Crippen molar-refractivity contribution >= 4 is 40.6 Å². The number of carbonyl (C=O) groups excluding carboxylic acids is 1. The number of rotatable bonds is 4. The predicted molar refractivity (Wildman–Crippen MR) is 91.0 cm³/mol. The first-order valence-electron chi connectivity index (χ1n) is 6.55. The highest BCUT2D eigenvalue weighted by molar-refractivity contribution is 8.00. The SMILES string of the molecule is Cc1ccccc1SC(C)C(=O)Nc1cc(Cl)ccc1N. The minimum atomic E-state index is -0.232. The number of carbonyl (C=O) groups is 1. The van der Waals surface area contributed by atoms with E-state index in [9.17, 15) is 4.79 Å². The maximum absolute atomic E-state index is 12.3. The summed E-state index contributed by atoms with van der Waals surface area (Å²) in [6.07, 6.45) is 0. The monoisotopic (exact) mass is 320 g/mol. The highest BCUT2D eigenvalue weighted by atomic mass is 35.5. The summed E-state index contributed by atoms with van der Waals surface area (Å²) in [6, 6.07) is 13.0. The van der Waals surface area contributed by atoms with Gasteiger partial charge in [0.2, 0.25) is 5.91 Å². The summed E-state index contributed by atoms with van der Waals surface area (Å²) in [5.41, 5.74) is 8.04. The van der Waals surface area contributed by atoms with Gasteiger partial charge in [-0.3, -0.25) is 4.79 Å². The summed E-state index contributed by atoms with van der Waals surface area (Å²) in [5.74, 6) is -0.0998. The molecule has 1 atom stereocenters. The Kier molecular flexibility index (Phi) is 5.15. The summed E-state index contributed by atoms with van der Waals surface area (Å²) >= 11 is 7.44. The van der Waals surface area contributed by atoms with Crippen LogP contribution in [0.25, 0.3) is 0 Å². The van der Waals surface area contributed by atoms with Crippen LogP contribution in [-0.2, 0) is 4.79 Å².